The zero-order chi connectivity index (χ0) is 25.0. The molecule has 5 aromatic rings. The first-order valence-electron chi connectivity index (χ1n) is 11.2. The molecule has 6 rings (SSSR count). The molecule has 0 unspecified atom stereocenters. The van der Waals surface area contributed by atoms with E-state index >= 15 is 0 Å². The average molecular weight is 508 g/mol. The Morgan fingerprint density at radius 2 is 1.86 bits per heavy atom. The molecule has 0 aliphatic heterocycles. The molecule has 2 aromatic carbocycles. The first-order valence-corrected chi connectivity index (χ1v) is 12.7. The van der Waals surface area contributed by atoms with Crippen molar-refractivity contribution in [3.8, 4) is 0 Å². The lowest BCUT2D eigenvalue weighted by Crippen LogP contribution is -2.28. The van der Waals surface area contributed by atoms with Crippen LogP contribution in [0.1, 0.15) is 12.8 Å². The van der Waals surface area contributed by atoms with Crippen molar-refractivity contribution in [2.75, 3.05) is 5.32 Å². The van der Waals surface area contributed by atoms with E-state index in [0.717, 1.165) is 47.6 Å². The molecule has 0 amide bonds. The Hall–Kier alpha value is -4.12. The molecule has 36 heavy (non-hydrogen) atoms. The minimum absolute atomic E-state index is 0.216. The summed E-state index contributed by atoms with van der Waals surface area (Å²) in [7, 11) is -4.57. The molecule has 2 N–H and O–H groups in total. The van der Waals surface area contributed by atoms with Gasteiger partial charge in [-0.25, -0.2) is 22.2 Å². The van der Waals surface area contributed by atoms with Crippen molar-refractivity contribution in [2.24, 2.45) is 5.92 Å². The van der Waals surface area contributed by atoms with Gasteiger partial charge in [0.25, 0.3) is 5.56 Å². The third kappa shape index (κ3) is 3.91. The van der Waals surface area contributed by atoms with Crippen molar-refractivity contribution < 1.29 is 17.2 Å². The summed E-state index contributed by atoms with van der Waals surface area (Å²) in [5.74, 6) is -1.73. The van der Waals surface area contributed by atoms with E-state index in [0.29, 0.717) is 11.5 Å². The highest BCUT2D eigenvalue weighted by Crippen LogP contribution is 2.32. The van der Waals surface area contributed by atoms with E-state index in [2.05, 4.69) is 20.3 Å². The van der Waals surface area contributed by atoms with Gasteiger partial charge in [-0.2, -0.15) is 4.98 Å². The van der Waals surface area contributed by atoms with Gasteiger partial charge in [0.1, 0.15) is 27.1 Å². The molecule has 8 nitrogen and oxygen atoms in total. The number of nitrogens with one attached hydrogen (secondary N) is 2. The molecule has 0 bridgehead atoms. The van der Waals surface area contributed by atoms with E-state index in [9.17, 15) is 22.0 Å². The summed E-state index contributed by atoms with van der Waals surface area (Å²) in [6.45, 7) is 0.274. The number of fused-ring (bicyclic) bond motifs is 2. The molecule has 0 radical (unpaired) electrons. The Labute approximate surface area is 203 Å². The van der Waals surface area contributed by atoms with Gasteiger partial charge in [0, 0.05) is 47.0 Å². The van der Waals surface area contributed by atoms with Crippen LogP contribution in [0.4, 0.5) is 20.4 Å². The monoisotopic (exact) mass is 507 g/mol. The van der Waals surface area contributed by atoms with Gasteiger partial charge >= 0.3 is 0 Å². The average Bonchev–Trinajstić information content (AvgIpc) is 3.54. The second-order valence-electron chi connectivity index (χ2n) is 8.82. The number of nitrogens with zero attached hydrogens (tertiary/aromatic N) is 3. The van der Waals surface area contributed by atoms with Crippen LogP contribution in [0, 0.1) is 17.6 Å². The molecule has 3 aromatic heterocycles. The number of halogens is 2. The second kappa shape index (κ2) is 8.23. The first kappa shape index (κ1) is 22.4. The zero-order valence-corrected chi connectivity index (χ0v) is 19.5. The van der Waals surface area contributed by atoms with Crippen molar-refractivity contribution >= 4 is 43.4 Å². The molecule has 0 atom stereocenters. The maximum atomic E-state index is 14.4. The van der Waals surface area contributed by atoms with Gasteiger partial charge in [-0.05, 0) is 61.2 Å². The topological polar surface area (TPSA) is 110 Å². The molecule has 11 heteroatoms. The van der Waals surface area contributed by atoms with Crippen molar-refractivity contribution in [1.29, 1.82) is 0 Å². The molecule has 3 heterocycles. The summed E-state index contributed by atoms with van der Waals surface area (Å²) in [6.07, 6.45) is 5.07. The van der Waals surface area contributed by atoms with Gasteiger partial charge in [0.05, 0.1) is 0 Å². The fourth-order valence-electron chi connectivity index (χ4n) is 4.18. The Bertz CT molecular complexity index is 1830. The lowest BCUT2D eigenvalue weighted by molar-refractivity contribution is 0.547. The number of benzene rings is 2. The van der Waals surface area contributed by atoms with Gasteiger partial charge in [-0.3, -0.25) is 9.36 Å². The lowest BCUT2D eigenvalue weighted by Gasteiger charge is -2.14. The number of H-pyrrole nitrogens is 1. The van der Waals surface area contributed by atoms with E-state index in [1.807, 2.05) is 30.5 Å². The van der Waals surface area contributed by atoms with E-state index < -0.39 is 36.8 Å². The molecular weight excluding hydrogens is 488 g/mol. The predicted molar refractivity (Wildman–Crippen MR) is 130 cm³/mol. The summed E-state index contributed by atoms with van der Waals surface area (Å²) in [5, 5.41) is 4.43. The van der Waals surface area contributed by atoms with Crippen LogP contribution in [0.5, 0.6) is 0 Å². The van der Waals surface area contributed by atoms with E-state index in [1.54, 1.807) is 0 Å². The molecule has 1 aliphatic carbocycles. The highest BCUT2D eigenvalue weighted by atomic mass is 32.2. The number of aromatic nitrogens is 4. The van der Waals surface area contributed by atoms with Crippen molar-refractivity contribution in [3.05, 3.63) is 82.9 Å². The SMILES string of the molecule is O=c1c(S(=O)(=O)c2ccc(F)cc2F)cc2cnc(Nc3ccc4[nH]ccc4c3)nc2n1CC1CC1. The summed E-state index contributed by atoms with van der Waals surface area (Å²) < 4.78 is 55.5. The molecule has 1 fully saturated rings. The van der Waals surface area contributed by atoms with E-state index in [4.69, 9.17) is 0 Å². The van der Waals surface area contributed by atoms with Gasteiger partial charge in [0.15, 0.2) is 0 Å². The fraction of sp³-hybridized carbons (Fsp3) is 0.160. The van der Waals surface area contributed by atoms with Crippen LogP contribution in [0.3, 0.4) is 0 Å². The Morgan fingerprint density at radius 3 is 2.64 bits per heavy atom. The Kier molecular flexibility index (Phi) is 5.11. The quantitative estimate of drug-likeness (QED) is 0.327. The van der Waals surface area contributed by atoms with Gasteiger partial charge in [0.2, 0.25) is 15.8 Å². The normalized spacial score (nSPS) is 13.9. The maximum Gasteiger partial charge on any atom is 0.271 e. The number of hydrogen-bond donors (Lipinski definition) is 2. The van der Waals surface area contributed by atoms with Crippen LogP contribution in [0.2, 0.25) is 0 Å². The summed E-state index contributed by atoms with van der Waals surface area (Å²) in [5.41, 5.74) is 1.18. The molecule has 0 spiro atoms. The van der Waals surface area contributed by atoms with Crippen molar-refractivity contribution in [1.82, 2.24) is 19.5 Å². The smallest absolute Gasteiger partial charge is 0.271 e. The van der Waals surface area contributed by atoms with Crippen LogP contribution >= 0.6 is 0 Å². The second-order valence-corrected chi connectivity index (χ2v) is 10.7. The van der Waals surface area contributed by atoms with E-state index in [1.165, 1.54) is 10.8 Å². The third-order valence-corrected chi connectivity index (χ3v) is 8.00. The zero-order valence-electron chi connectivity index (χ0n) is 18.7. The van der Waals surface area contributed by atoms with Crippen LogP contribution in [0.25, 0.3) is 21.9 Å². The molecular formula is C25H19F2N5O3S. The first-order chi connectivity index (χ1) is 17.3. The van der Waals surface area contributed by atoms with Gasteiger partial charge in [-0.1, -0.05) is 0 Å². The van der Waals surface area contributed by atoms with Crippen LogP contribution in [-0.2, 0) is 16.4 Å². The highest BCUT2D eigenvalue weighted by Gasteiger charge is 2.30. The number of anilines is 2. The third-order valence-electron chi connectivity index (χ3n) is 6.21. The van der Waals surface area contributed by atoms with Gasteiger partial charge in [-0.15, -0.1) is 0 Å². The van der Waals surface area contributed by atoms with Crippen LogP contribution in [-0.4, -0.2) is 27.9 Å². The number of pyridine rings is 1. The maximum absolute atomic E-state index is 14.4. The largest absolute Gasteiger partial charge is 0.361 e. The molecule has 182 valence electrons. The number of hydrogen-bond acceptors (Lipinski definition) is 6. The van der Waals surface area contributed by atoms with Crippen molar-refractivity contribution in [3.63, 3.8) is 0 Å². The summed E-state index contributed by atoms with van der Waals surface area (Å²) in [6, 6.07) is 10.9. The van der Waals surface area contributed by atoms with Crippen molar-refractivity contribution in [2.45, 2.75) is 29.2 Å². The van der Waals surface area contributed by atoms with E-state index in [-0.39, 0.29) is 24.1 Å². The fourth-order valence-corrected chi connectivity index (χ4v) is 5.61. The highest BCUT2D eigenvalue weighted by molar-refractivity contribution is 7.91. The Morgan fingerprint density at radius 1 is 1.03 bits per heavy atom. The lowest BCUT2D eigenvalue weighted by atomic mass is 10.2. The van der Waals surface area contributed by atoms with Crippen LogP contribution in [0.15, 0.2) is 75.5 Å². The Balaban J connectivity index is 1.47. The molecule has 1 saturated carbocycles. The predicted octanol–water partition coefficient (Wildman–Crippen LogP) is 4.54. The number of rotatable bonds is 6. The number of aromatic amines is 1. The molecule has 0 saturated heterocycles. The minimum Gasteiger partial charge on any atom is -0.361 e. The van der Waals surface area contributed by atoms with Gasteiger partial charge < -0.3 is 10.3 Å². The number of sulfone groups is 1. The summed E-state index contributed by atoms with van der Waals surface area (Å²) >= 11 is 0. The van der Waals surface area contributed by atoms with Crippen LogP contribution < -0.4 is 10.9 Å². The molecule has 1 aliphatic rings. The minimum atomic E-state index is -4.57. The summed E-state index contributed by atoms with van der Waals surface area (Å²) in [4.78, 5) is 24.0. The standard InChI is InChI=1S/C25H19F2N5O3S/c26-17-3-6-21(19(27)11-17)36(34,35)22-10-16-12-29-25(30-18-4-5-20-15(9-18)7-8-28-20)31-23(16)32(24(22)33)13-14-1-2-14/h3-12,14,28H,1-2,13H2,(H,29,30,31).